The lowest BCUT2D eigenvalue weighted by Gasteiger charge is -2.26. The molecule has 0 radical (unpaired) electrons. The molecule has 32 heavy (non-hydrogen) atoms. The lowest BCUT2D eigenvalue weighted by molar-refractivity contribution is 0.183. The number of likely N-dealkylation sites (tertiary alicyclic amines) is 1. The maximum atomic E-state index is 10.0. The van der Waals surface area contributed by atoms with Gasteiger partial charge in [-0.1, -0.05) is 18.6 Å². The Morgan fingerprint density at radius 1 is 0.812 bits per heavy atom. The molecular weight excluding hydrogens is 418 g/mol. The van der Waals surface area contributed by atoms with Crippen LogP contribution in [0.15, 0.2) is 66.7 Å². The van der Waals surface area contributed by atoms with Crippen molar-refractivity contribution in [2.45, 2.75) is 19.3 Å². The number of phenols is 2. The third-order valence-electron chi connectivity index (χ3n) is 6.05. The number of thiophene rings is 1. The number of fused-ring (bicyclic) bond motifs is 1. The topological polar surface area (TPSA) is 52.9 Å². The number of hydrogen-bond acceptors (Lipinski definition) is 5. The van der Waals surface area contributed by atoms with Crippen molar-refractivity contribution in [3.05, 3.63) is 66.7 Å². The standard InChI is InChI=1S/C27H27NO3S/c29-21-9-7-19(8-10-21)27-26(24-12-11-22(30)18-25(24)32-27)20-5-4-6-23(17-20)31-16-15-28-13-2-1-3-14-28/h4-12,17-18,29-30H,1-3,13-16H2. The molecule has 0 saturated carbocycles. The van der Waals surface area contributed by atoms with E-state index in [2.05, 4.69) is 17.0 Å². The summed E-state index contributed by atoms with van der Waals surface area (Å²) < 4.78 is 7.16. The first-order valence-corrected chi connectivity index (χ1v) is 12.0. The molecule has 1 aromatic heterocycles. The number of nitrogens with zero attached hydrogens (tertiary/aromatic N) is 1. The second-order valence-electron chi connectivity index (χ2n) is 8.31. The fraction of sp³-hybridized carbons (Fsp3) is 0.259. The molecule has 1 aliphatic rings. The molecule has 2 heterocycles. The number of phenolic OH excluding ortho intramolecular Hbond substituents is 2. The Balaban J connectivity index is 1.47. The van der Waals surface area contributed by atoms with E-state index in [4.69, 9.17) is 4.74 Å². The number of hydrogen-bond donors (Lipinski definition) is 2. The van der Waals surface area contributed by atoms with Crippen LogP contribution in [0, 0.1) is 0 Å². The molecule has 164 valence electrons. The van der Waals surface area contributed by atoms with Crippen molar-refractivity contribution >= 4 is 21.4 Å². The van der Waals surface area contributed by atoms with Crippen LogP contribution in [0.5, 0.6) is 17.2 Å². The van der Waals surface area contributed by atoms with Gasteiger partial charge in [0.15, 0.2) is 0 Å². The molecule has 1 fully saturated rings. The minimum absolute atomic E-state index is 0.248. The molecule has 1 saturated heterocycles. The van der Waals surface area contributed by atoms with E-state index in [-0.39, 0.29) is 11.5 Å². The van der Waals surface area contributed by atoms with Crippen LogP contribution in [-0.4, -0.2) is 41.4 Å². The molecule has 2 N–H and O–H groups in total. The van der Waals surface area contributed by atoms with E-state index in [0.29, 0.717) is 6.61 Å². The lowest BCUT2D eigenvalue weighted by atomic mass is 9.98. The zero-order valence-corrected chi connectivity index (χ0v) is 18.8. The lowest BCUT2D eigenvalue weighted by Crippen LogP contribution is -2.33. The molecular formula is C27H27NO3S. The van der Waals surface area contributed by atoms with E-state index in [0.717, 1.165) is 43.9 Å². The van der Waals surface area contributed by atoms with Crippen LogP contribution in [-0.2, 0) is 0 Å². The average Bonchev–Trinajstić information content (AvgIpc) is 3.19. The Morgan fingerprint density at radius 2 is 1.59 bits per heavy atom. The van der Waals surface area contributed by atoms with Gasteiger partial charge in [-0.15, -0.1) is 11.3 Å². The second kappa shape index (κ2) is 9.23. The van der Waals surface area contributed by atoms with E-state index in [1.165, 1.54) is 32.4 Å². The summed E-state index contributed by atoms with van der Waals surface area (Å²) in [7, 11) is 0. The van der Waals surface area contributed by atoms with Crippen LogP contribution in [0.3, 0.4) is 0 Å². The van der Waals surface area contributed by atoms with Gasteiger partial charge in [0, 0.05) is 27.1 Å². The maximum Gasteiger partial charge on any atom is 0.119 e. The first-order valence-electron chi connectivity index (χ1n) is 11.2. The largest absolute Gasteiger partial charge is 0.508 e. The first kappa shape index (κ1) is 20.9. The van der Waals surface area contributed by atoms with Gasteiger partial charge in [-0.25, -0.2) is 0 Å². The molecule has 0 aliphatic carbocycles. The van der Waals surface area contributed by atoms with Crippen molar-refractivity contribution in [3.8, 4) is 38.8 Å². The molecule has 0 atom stereocenters. The number of rotatable bonds is 6. The summed E-state index contributed by atoms with van der Waals surface area (Å²) in [5.41, 5.74) is 3.24. The SMILES string of the molecule is Oc1ccc(-c2sc3cc(O)ccc3c2-c2cccc(OCCN3CCCCC3)c2)cc1. The Morgan fingerprint density at radius 3 is 2.41 bits per heavy atom. The van der Waals surface area contributed by atoms with Crippen LogP contribution in [0.4, 0.5) is 0 Å². The van der Waals surface area contributed by atoms with Crippen LogP contribution < -0.4 is 4.74 Å². The minimum Gasteiger partial charge on any atom is -0.508 e. The Labute approximate surface area is 192 Å². The number of aromatic hydroxyl groups is 2. The van der Waals surface area contributed by atoms with Gasteiger partial charge < -0.3 is 14.9 Å². The highest BCUT2D eigenvalue weighted by Gasteiger charge is 2.17. The average molecular weight is 446 g/mol. The highest BCUT2D eigenvalue weighted by Crippen LogP contribution is 2.46. The molecule has 1 aliphatic heterocycles. The summed E-state index contributed by atoms with van der Waals surface area (Å²) in [4.78, 5) is 3.59. The molecule has 3 aromatic carbocycles. The van der Waals surface area contributed by atoms with E-state index in [1.54, 1.807) is 29.5 Å². The highest BCUT2D eigenvalue weighted by molar-refractivity contribution is 7.23. The highest BCUT2D eigenvalue weighted by atomic mass is 32.1. The number of ether oxygens (including phenoxy) is 1. The Hall–Kier alpha value is -3.02. The van der Waals surface area contributed by atoms with E-state index >= 15 is 0 Å². The molecule has 0 spiro atoms. The maximum absolute atomic E-state index is 10.0. The van der Waals surface area contributed by atoms with Crippen molar-refractivity contribution in [2.75, 3.05) is 26.2 Å². The summed E-state index contributed by atoms with van der Waals surface area (Å²) in [6.45, 7) is 4.00. The summed E-state index contributed by atoms with van der Waals surface area (Å²) in [6.07, 6.45) is 3.92. The van der Waals surface area contributed by atoms with E-state index in [1.807, 2.05) is 36.4 Å². The zero-order chi connectivity index (χ0) is 21.9. The van der Waals surface area contributed by atoms with Crippen LogP contribution in [0.2, 0.25) is 0 Å². The fourth-order valence-electron chi connectivity index (χ4n) is 4.40. The number of piperidine rings is 1. The van der Waals surface area contributed by atoms with Crippen molar-refractivity contribution in [1.29, 1.82) is 0 Å². The summed E-state index contributed by atoms with van der Waals surface area (Å²) in [5, 5.41) is 20.8. The van der Waals surface area contributed by atoms with Gasteiger partial charge in [-0.05, 0) is 91.7 Å². The van der Waals surface area contributed by atoms with Crippen LogP contribution in [0.1, 0.15) is 19.3 Å². The Kier molecular flexibility index (Phi) is 6.02. The van der Waals surface area contributed by atoms with Crippen molar-refractivity contribution in [3.63, 3.8) is 0 Å². The van der Waals surface area contributed by atoms with E-state index < -0.39 is 0 Å². The van der Waals surface area contributed by atoms with Gasteiger partial charge in [0.05, 0.1) is 0 Å². The van der Waals surface area contributed by atoms with Crippen molar-refractivity contribution in [1.82, 2.24) is 4.90 Å². The molecule has 0 bridgehead atoms. The zero-order valence-electron chi connectivity index (χ0n) is 18.0. The summed E-state index contributed by atoms with van der Waals surface area (Å²) in [6, 6.07) is 21.1. The first-order chi connectivity index (χ1) is 15.7. The molecule has 4 aromatic rings. The predicted molar refractivity (Wildman–Crippen MR) is 132 cm³/mol. The van der Waals surface area contributed by atoms with Crippen molar-refractivity contribution < 1.29 is 14.9 Å². The molecule has 5 heteroatoms. The van der Waals surface area contributed by atoms with Gasteiger partial charge in [0.25, 0.3) is 0 Å². The fourth-order valence-corrected chi connectivity index (χ4v) is 5.67. The summed E-state index contributed by atoms with van der Waals surface area (Å²) in [5.74, 6) is 1.38. The molecule has 5 rings (SSSR count). The molecule has 4 nitrogen and oxygen atoms in total. The monoisotopic (exact) mass is 445 g/mol. The van der Waals surface area contributed by atoms with Gasteiger partial charge in [0.2, 0.25) is 0 Å². The van der Waals surface area contributed by atoms with Gasteiger partial charge in [-0.2, -0.15) is 0 Å². The normalized spacial score (nSPS) is 14.6. The van der Waals surface area contributed by atoms with Gasteiger partial charge in [-0.3, -0.25) is 4.90 Å². The van der Waals surface area contributed by atoms with Crippen LogP contribution >= 0.6 is 11.3 Å². The third-order valence-corrected chi connectivity index (χ3v) is 7.25. The van der Waals surface area contributed by atoms with Gasteiger partial charge in [0.1, 0.15) is 23.9 Å². The minimum atomic E-state index is 0.248. The molecule has 0 amide bonds. The van der Waals surface area contributed by atoms with Gasteiger partial charge >= 0.3 is 0 Å². The van der Waals surface area contributed by atoms with Crippen molar-refractivity contribution in [2.24, 2.45) is 0 Å². The third kappa shape index (κ3) is 4.45. The Bertz CT molecular complexity index is 1210. The second-order valence-corrected chi connectivity index (χ2v) is 9.36. The number of benzene rings is 3. The van der Waals surface area contributed by atoms with Crippen LogP contribution in [0.25, 0.3) is 31.7 Å². The smallest absolute Gasteiger partial charge is 0.119 e. The molecule has 0 unspecified atom stereocenters. The quantitative estimate of drug-likeness (QED) is 0.355. The predicted octanol–water partition coefficient (Wildman–Crippen LogP) is 6.51. The van der Waals surface area contributed by atoms with E-state index in [9.17, 15) is 10.2 Å². The summed E-state index contributed by atoms with van der Waals surface area (Å²) >= 11 is 1.65.